The number of benzene rings is 2. The highest BCUT2D eigenvalue weighted by Crippen LogP contribution is 2.26. The molecule has 2 N–H and O–H groups in total. The summed E-state index contributed by atoms with van der Waals surface area (Å²) in [4.78, 5) is 28.4. The maximum absolute atomic E-state index is 13.6. The molecule has 0 aliphatic carbocycles. The summed E-state index contributed by atoms with van der Waals surface area (Å²) in [5, 5.41) is 4.71. The molecular weight excluding hydrogens is 360 g/mol. The van der Waals surface area contributed by atoms with E-state index in [0.29, 0.717) is 16.9 Å². The number of rotatable bonds is 4. The predicted octanol–water partition coefficient (Wildman–Crippen LogP) is 3.52. The van der Waals surface area contributed by atoms with Crippen LogP contribution in [0.2, 0.25) is 0 Å². The van der Waals surface area contributed by atoms with Gasteiger partial charge in [0, 0.05) is 12.5 Å². The van der Waals surface area contributed by atoms with Gasteiger partial charge in [0.1, 0.15) is 16.9 Å². The fourth-order valence-electron chi connectivity index (χ4n) is 2.29. The lowest BCUT2D eigenvalue weighted by molar-refractivity contribution is -0.122. The molecule has 0 aromatic heterocycles. The second-order valence-corrected chi connectivity index (χ2v) is 6.92. The predicted molar refractivity (Wildman–Crippen MR) is 97.4 cm³/mol. The molecule has 8 heteroatoms. The van der Waals surface area contributed by atoms with Crippen molar-refractivity contribution in [3.8, 4) is 0 Å². The number of carbonyl (C=O) groups is 2. The molecule has 0 spiro atoms. The Balaban J connectivity index is 1.62. The quantitative estimate of drug-likeness (QED) is 0.859. The zero-order valence-electron chi connectivity index (χ0n) is 13.8. The molecule has 1 heterocycles. The lowest BCUT2D eigenvalue weighted by Crippen LogP contribution is -2.28. The van der Waals surface area contributed by atoms with E-state index < -0.39 is 22.8 Å². The standard InChI is InChI=1S/C18H15F2N3O2S/c1-10-2-5-12(6-3-10)21-18-23-17(25)15(26-18)9-16(24)22-14-7-4-11(19)8-13(14)20/h2-8,15H,9H2,1H3,(H,22,24)(H,21,23,25). The molecule has 2 amide bonds. The number of hydrogen-bond donors (Lipinski definition) is 2. The van der Waals surface area contributed by atoms with E-state index in [0.717, 1.165) is 29.5 Å². The lowest BCUT2D eigenvalue weighted by Gasteiger charge is -2.08. The topological polar surface area (TPSA) is 70.6 Å². The average Bonchev–Trinajstić information content (AvgIpc) is 2.91. The van der Waals surface area contributed by atoms with E-state index in [1.165, 1.54) is 0 Å². The minimum Gasteiger partial charge on any atom is -0.324 e. The van der Waals surface area contributed by atoms with Gasteiger partial charge in [-0.3, -0.25) is 9.59 Å². The Morgan fingerprint density at radius 3 is 2.65 bits per heavy atom. The van der Waals surface area contributed by atoms with Crippen LogP contribution < -0.4 is 10.6 Å². The van der Waals surface area contributed by atoms with Crippen LogP contribution in [-0.4, -0.2) is 22.2 Å². The fourth-order valence-corrected chi connectivity index (χ4v) is 3.28. The number of aryl methyl sites for hydroxylation is 1. The fraction of sp³-hybridized carbons (Fsp3) is 0.167. The smallest absolute Gasteiger partial charge is 0.240 e. The van der Waals surface area contributed by atoms with E-state index in [-0.39, 0.29) is 18.0 Å². The van der Waals surface area contributed by atoms with Gasteiger partial charge in [0.2, 0.25) is 11.8 Å². The molecule has 0 radical (unpaired) electrons. The molecule has 26 heavy (non-hydrogen) atoms. The summed E-state index contributed by atoms with van der Waals surface area (Å²) in [6, 6.07) is 10.3. The van der Waals surface area contributed by atoms with Crippen molar-refractivity contribution < 1.29 is 18.4 Å². The summed E-state index contributed by atoms with van der Waals surface area (Å²) >= 11 is 1.14. The van der Waals surface area contributed by atoms with Crippen molar-refractivity contribution >= 4 is 40.1 Å². The average molecular weight is 375 g/mol. The summed E-state index contributed by atoms with van der Waals surface area (Å²) in [5.41, 5.74) is 1.66. The third-order valence-electron chi connectivity index (χ3n) is 3.62. The number of aliphatic imine (C=N–C) groups is 1. The van der Waals surface area contributed by atoms with E-state index in [4.69, 9.17) is 0 Å². The van der Waals surface area contributed by atoms with Gasteiger partial charge in [0.05, 0.1) is 11.4 Å². The zero-order valence-corrected chi connectivity index (χ0v) is 14.6. The largest absolute Gasteiger partial charge is 0.324 e. The van der Waals surface area contributed by atoms with E-state index >= 15 is 0 Å². The molecule has 1 atom stereocenters. The van der Waals surface area contributed by atoms with Crippen LogP contribution in [0.4, 0.5) is 20.2 Å². The Labute approximate surface area is 152 Å². The van der Waals surface area contributed by atoms with E-state index in [2.05, 4.69) is 15.6 Å². The molecule has 134 valence electrons. The van der Waals surface area contributed by atoms with Crippen LogP contribution in [-0.2, 0) is 9.59 Å². The van der Waals surface area contributed by atoms with Gasteiger partial charge >= 0.3 is 0 Å². The monoisotopic (exact) mass is 375 g/mol. The molecule has 1 aliphatic heterocycles. The Bertz CT molecular complexity index is 885. The van der Waals surface area contributed by atoms with Gasteiger partial charge in [-0.15, -0.1) is 0 Å². The number of nitrogens with zero attached hydrogens (tertiary/aromatic N) is 1. The number of anilines is 1. The molecular formula is C18H15F2N3O2S. The van der Waals surface area contributed by atoms with Crippen LogP contribution in [0, 0.1) is 18.6 Å². The number of carbonyl (C=O) groups excluding carboxylic acids is 2. The number of amidine groups is 1. The molecule has 1 saturated heterocycles. The number of thioether (sulfide) groups is 1. The van der Waals surface area contributed by atoms with Crippen LogP contribution in [0.15, 0.2) is 47.5 Å². The van der Waals surface area contributed by atoms with Crippen molar-refractivity contribution in [3.05, 3.63) is 59.7 Å². The Hall–Kier alpha value is -2.74. The molecule has 1 aliphatic rings. The van der Waals surface area contributed by atoms with E-state index in [9.17, 15) is 18.4 Å². The molecule has 2 aromatic rings. The van der Waals surface area contributed by atoms with Crippen LogP contribution in [0.25, 0.3) is 0 Å². The number of halogens is 2. The van der Waals surface area contributed by atoms with Crippen molar-refractivity contribution in [2.45, 2.75) is 18.6 Å². The van der Waals surface area contributed by atoms with Gasteiger partial charge in [-0.25, -0.2) is 13.8 Å². The summed E-state index contributed by atoms with van der Waals surface area (Å²) in [5.74, 6) is -2.48. The highest BCUT2D eigenvalue weighted by atomic mass is 32.2. The second kappa shape index (κ2) is 7.65. The molecule has 1 unspecified atom stereocenters. The van der Waals surface area contributed by atoms with Crippen molar-refractivity contribution in [2.75, 3.05) is 5.32 Å². The van der Waals surface area contributed by atoms with Gasteiger partial charge < -0.3 is 10.6 Å². The second-order valence-electron chi connectivity index (χ2n) is 5.72. The van der Waals surface area contributed by atoms with Crippen molar-refractivity contribution in [1.82, 2.24) is 5.32 Å². The van der Waals surface area contributed by atoms with Crippen LogP contribution >= 0.6 is 11.8 Å². The van der Waals surface area contributed by atoms with Crippen LogP contribution in [0.3, 0.4) is 0 Å². The summed E-state index contributed by atoms with van der Waals surface area (Å²) in [6.45, 7) is 1.96. The molecule has 0 saturated carbocycles. The van der Waals surface area contributed by atoms with Crippen molar-refractivity contribution in [2.24, 2.45) is 4.99 Å². The van der Waals surface area contributed by atoms with Crippen molar-refractivity contribution in [1.29, 1.82) is 0 Å². The Morgan fingerprint density at radius 2 is 1.96 bits per heavy atom. The number of amides is 2. The Kier molecular flexibility index (Phi) is 5.32. The maximum Gasteiger partial charge on any atom is 0.240 e. The first-order valence-corrected chi connectivity index (χ1v) is 8.66. The third kappa shape index (κ3) is 4.45. The first-order chi connectivity index (χ1) is 12.4. The van der Waals surface area contributed by atoms with E-state index in [1.807, 2.05) is 31.2 Å². The first-order valence-electron chi connectivity index (χ1n) is 7.78. The minimum absolute atomic E-state index is 0.131. The van der Waals surface area contributed by atoms with Gasteiger partial charge in [0.25, 0.3) is 0 Å². The van der Waals surface area contributed by atoms with Gasteiger partial charge in [-0.05, 0) is 31.2 Å². The summed E-state index contributed by atoms with van der Waals surface area (Å²) < 4.78 is 26.5. The summed E-state index contributed by atoms with van der Waals surface area (Å²) in [7, 11) is 0. The molecule has 0 bridgehead atoms. The SMILES string of the molecule is Cc1ccc(N=C2NC(=O)C(CC(=O)Nc3ccc(F)cc3F)S2)cc1. The molecule has 3 rings (SSSR count). The van der Waals surface area contributed by atoms with Gasteiger partial charge in [0.15, 0.2) is 5.17 Å². The maximum atomic E-state index is 13.6. The first kappa shape index (κ1) is 18.1. The van der Waals surface area contributed by atoms with Gasteiger partial charge in [-0.2, -0.15) is 0 Å². The molecule has 2 aromatic carbocycles. The Morgan fingerprint density at radius 1 is 1.23 bits per heavy atom. The molecule has 5 nitrogen and oxygen atoms in total. The summed E-state index contributed by atoms with van der Waals surface area (Å²) in [6.07, 6.45) is -0.153. The number of nitrogens with one attached hydrogen (secondary N) is 2. The molecule has 1 fully saturated rings. The lowest BCUT2D eigenvalue weighted by atomic mass is 10.2. The van der Waals surface area contributed by atoms with E-state index in [1.54, 1.807) is 0 Å². The zero-order chi connectivity index (χ0) is 18.7. The normalized spacial score (nSPS) is 18.0. The van der Waals surface area contributed by atoms with Crippen LogP contribution in [0.1, 0.15) is 12.0 Å². The third-order valence-corrected chi connectivity index (χ3v) is 4.70. The van der Waals surface area contributed by atoms with Crippen LogP contribution in [0.5, 0.6) is 0 Å². The highest BCUT2D eigenvalue weighted by molar-refractivity contribution is 8.15. The highest BCUT2D eigenvalue weighted by Gasteiger charge is 2.32. The minimum atomic E-state index is -0.872. The number of hydrogen-bond acceptors (Lipinski definition) is 4. The van der Waals surface area contributed by atoms with Crippen molar-refractivity contribution in [3.63, 3.8) is 0 Å². The van der Waals surface area contributed by atoms with Gasteiger partial charge in [-0.1, -0.05) is 29.5 Å².